The lowest BCUT2D eigenvalue weighted by molar-refractivity contribution is -0.145. The summed E-state index contributed by atoms with van der Waals surface area (Å²) in [5.41, 5.74) is 5.64. The number of hydrogen-bond acceptors (Lipinski definition) is 5. The molecular formula is C30H35NO4. The first-order valence-electron chi connectivity index (χ1n) is 12.1. The maximum Gasteiger partial charge on any atom is 0.344 e. The maximum absolute atomic E-state index is 11.8. The summed E-state index contributed by atoms with van der Waals surface area (Å²) < 4.78 is 16.6. The summed E-state index contributed by atoms with van der Waals surface area (Å²) in [6.45, 7) is 5.67. The van der Waals surface area contributed by atoms with E-state index in [9.17, 15) is 4.79 Å². The standard InChI is InChI=1S/C30H35NO4/c1-5-28(23-11-8-7-9-12-23)30(24-15-17-26(18-16-24)34-20-19-31(3)4)25-13-10-14-27(21-25)35-22-29(32)33-6-2/h7-18,21H,5-6,19-20,22H2,1-4H3. The number of carbonyl (C=O) groups excluding carboxylic acids is 1. The zero-order valence-corrected chi connectivity index (χ0v) is 21.1. The van der Waals surface area contributed by atoms with Crippen LogP contribution in [-0.4, -0.2) is 51.3 Å². The minimum atomic E-state index is -0.378. The van der Waals surface area contributed by atoms with Crippen LogP contribution in [0.4, 0.5) is 0 Å². The van der Waals surface area contributed by atoms with E-state index in [0.717, 1.165) is 35.4 Å². The first kappa shape index (κ1) is 26.0. The molecule has 0 bridgehead atoms. The maximum atomic E-state index is 11.8. The predicted molar refractivity (Wildman–Crippen MR) is 142 cm³/mol. The lowest BCUT2D eigenvalue weighted by atomic mass is 9.88. The molecule has 184 valence electrons. The zero-order chi connectivity index (χ0) is 25.0. The van der Waals surface area contributed by atoms with Crippen molar-refractivity contribution >= 4 is 17.1 Å². The van der Waals surface area contributed by atoms with Gasteiger partial charge in [0.1, 0.15) is 18.1 Å². The number of hydrogen-bond donors (Lipinski definition) is 0. The van der Waals surface area contributed by atoms with Crippen LogP contribution in [0.15, 0.2) is 78.9 Å². The Kier molecular flexibility index (Phi) is 9.93. The molecule has 0 amide bonds. The van der Waals surface area contributed by atoms with Gasteiger partial charge in [-0.3, -0.25) is 0 Å². The van der Waals surface area contributed by atoms with Gasteiger partial charge in [-0.05, 0) is 79.5 Å². The highest BCUT2D eigenvalue weighted by molar-refractivity contribution is 5.98. The van der Waals surface area contributed by atoms with Gasteiger partial charge in [-0.25, -0.2) is 4.79 Å². The summed E-state index contributed by atoms with van der Waals surface area (Å²) in [6.07, 6.45) is 0.855. The first-order valence-corrected chi connectivity index (χ1v) is 12.1. The number of benzene rings is 3. The molecule has 3 aromatic rings. The molecule has 0 spiro atoms. The van der Waals surface area contributed by atoms with E-state index in [0.29, 0.717) is 19.0 Å². The van der Waals surface area contributed by atoms with Gasteiger partial charge in [0.15, 0.2) is 6.61 Å². The number of likely N-dealkylation sites (N-methyl/N-ethyl adjacent to an activating group) is 1. The highest BCUT2D eigenvalue weighted by Gasteiger charge is 2.14. The Hall–Kier alpha value is -3.57. The summed E-state index contributed by atoms with van der Waals surface area (Å²) in [4.78, 5) is 13.9. The van der Waals surface area contributed by atoms with E-state index in [4.69, 9.17) is 14.2 Å². The van der Waals surface area contributed by atoms with Crippen molar-refractivity contribution in [3.8, 4) is 11.5 Å². The molecule has 0 saturated heterocycles. The number of allylic oxidation sites excluding steroid dienone is 1. The smallest absolute Gasteiger partial charge is 0.344 e. The Morgan fingerprint density at radius 3 is 2.14 bits per heavy atom. The van der Waals surface area contributed by atoms with Gasteiger partial charge >= 0.3 is 5.97 Å². The minimum absolute atomic E-state index is 0.116. The largest absolute Gasteiger partial charge is 0.492 e. The molecule has 0 unspecified atom stereocenters. The molecule has 0 radical (unpaired) electrons. The van der Waals surface area contributed by atoms with Gasteiger partial charge < -0.3 is 19.1 Å². The highest BCUT2D eigenvalue weighted by Crippen LogP contribution is 2.36. The van der Waals surface area contributed by atoms with Gasteiger partial charge in [-0.15, -0.1) is 0 Å². The molecule has 0 aromatic heterocycles. The molecule has 0 fully saturated rings. The van der Waals surface area contributed by atoms with E-state index in [1.807, 2.05) is 50.5 Å². The van der Waals surface area contributed by atoms with E-state index in [1.165, 1.54) is 11.1 Å². The summed E-state index contributed by atoms with van der Waals surface area (Å²) in [5, 5.41) is 0. The normalized spacial score (nSPS) is 11.7. The van der Waals surface area contributed by atoms with Gasteiger partial charge in [0.05, 0.1) is 6.61 Å². The molecule has 0 aliphatic carbocycles. The molecule has 3 aromatic carbocycles. The number of ether oxygens (including phenoxy) is 3. The van der Waals surface area contributed by atoms with E-state index < -0.39 is 0 Å². The van der Waals surface area contributed by atoms with Crippen LogP contribution in [0.3, 0.4) is 0 Å². The average Bonchev–Trinajstić information content (AvgIpc) is 2.87. The second-order valence-corrected chi connectivity index (χ2v) is 8.37. The lowest BCUT2D eigenvalue weighted by Gasteiger charge is -2.18. The molecule has 0 N–H and O–H groups in total. The number of rotatable bonds is 12. The highest BCUT2D eigenvalue weighted by atomic mass is 16.6. The van der Waals surface area contributed by atoms with Gasteiger partial charge in [0, 0.05) is 6.54 Å². The lowest BCUT2D eigenvalue weighted by Crippen LogP contribution is -2.19. The Morgan fingerprint density at radius 2 is 1.49 bits per heavy atom. The van der Waals surface area contributed by atoms with Crippen LogP contribution in [0.2, 0.25) is 0 Å². The Morgan fingerprint density at radius 1 is 0.771 bits per heavy atom. The number of carbonyl (C=O) groups is 1. The van der Waals surface area contributed by atoms with Crippen molar-refractivity contribution in [1.82, 2.24) is 4.90 Å². The number of nitrogens with zero attached hydrogens (tertiary/aromatic N) is 1. The third kappa shape index (κ3) is 7.72. The van der Waals surface area contributed by atoms with Crippen LogP contribution in [0.25, 0.3) is 11.1 Å². The molecular weight excluding hydrogens is 438 g/mol. The van der Waals surface area contributed by atoms with Crippen LogP contribution < -0.4 is 9.47 Å². The van der Waals surface area contributed by atoms with Gasteiger partial charge in [-0.2, -0.15) is 0 Å². The molecule has 35 heavy (non-hydrogen) atoms. The molecule has 0 heterocycles. The van der Waals surface area contributed by atoms with Gasteiger partial charge in [0.2, 0.25) is 0 Å². The fourth-order valence-electron chi connectivity index (χ4n) is 3.83. The van der Waals surface area contributed by atoms with Gasteiger partial charge in [0.25, 0.3) is 0 Å². The average molecular weight is 474 g/mol. The first-order chi connectivity index (χ1) is 17.0. The van der Waals surface area contributed by atoms with Crippen molar-refractivity contribution < 1.29 is 19.0 Å². The third-order valence-corrected chi connectivity index (χ3v) is 5.51. The fraction of sp³-hybridized carbons (Fsp3) is 0.300. The van der Waals surface area contributed by atoms with E-state index in [1.54, 1.807) is 6.92 Å². The monoisotopic (exact) mass is 473 g/mol. The molecule has 0 aliphatic heterocycles. The minimum Gasteiger partial charge on any atom is -0.492 e. The van der Waals surface area contributed by atoms with E-state index in [2.05, 4.69) is 54.3 Å². The summed E-state index contributed by atoms with van der Waals surface area (Å²) in [5.74, 6) is 1.09. The van der Waals surface area contributed by atoms with Crippen LogP contribution in [-0.2, 0) is 9.53 Å². The second-order valence-electron chi connectivity index (χ2n) is 8.37. The predicted octanol–water partition coefficient (Wildman–Crippen LogP) is 5.94. The molecule has 5 heteroatoms. The summed E-state index contributed by atoms with van der Waals surface area (Å²) in [6, 6.07) is 26.5. The molecule has 0 aliphatic rings. The molecule has 0 atom stereocenters. The van der Waals surface area contributed by atoms with Crippen molar-refractivity contribution in [3.63, 3.8) is 0 Å². The van der Waals surface area contributed by atoms with Crippen molar-refractivity contribution in [3.05, 3.63) is 95.6 Å². The molecule has 3 rings (SSSR count). The quantitative estimate of drug-likeness (QED) is 0.241. The van der Waals surface area contributed by atoms with Crippen LogP contribution >= 0.6 is 0 Å². The van der Waals surface area contributed by atoms with Crippen molar-refractivity contribution in [2.75, 3.05) is 40.5 Å². The van der Waals surface area contributed by atoms with Crippen molar-refractivity contribution in [2.24, 2.45) is 0 Å². The second kappa shape index (κ2) is 13.4. The molecule has 5 nitrogen and oxygen atoms in total. The third-order valence-electron chi connectivity index (χ3n) is 5.51. The SMILES string of the molecule is CCOC(=O)COc1cccc(C(=C(CC)c2ccccc2)c2ccc(OCCN(C)C)cc2)c1. The van der Waals surface area contributed by atoms with E-state index >= 15 is 0 Å². The molecule has 0 saturated carbocycles. The topological polar surface area (TPSA) is 48.0 Å². The van der Waals surface area contributed by atoms with Crippen molar-refractivity contribution in [1.29, 1.82) is 0 Å². The van der Waals surface area contributed by atoms with Crippen molar-refractivity contribution in [2.45, 2.75) is 20.3 Å². The van der Waals surface area contributed by atoms with Crippen LogP contribution in [0.1, 0.15) is 37.0 Å². The summed E-state index contributed by atoms with van der Waals surface area (Å²) in [7, 11) is 4.06. The zero-order valence-electron chi connectivity index (χ0n) is 21.1. The fourth-order valence-corrected chi connectivity index (χ4v) is 3.83. The van der Waals surface area contributed by atoms with Gasteiger partial charge in [-0.1, -0.05) is 61.5 Å². The Balaban J connectivity index is 1.98. The Bertz CT molecular complexity index is 1100. The summed E-state index contributed by atoms with van der Waals surface area (Å²) >= 11 is 0. The van der Waals surface area contributed by atoms with Crippen LogP contribution in [0, 0.1) is 0 Å². The Labute approximate surface area is 208 Å². The number of esters is 1. The van der Waals surface area contributed by atoms with Crippen LogP contribution in [0.5, 0.6) is 11.5 Å². The van der Waals surface area contributed by atoms with E-state index in [-0.39, 0.29) is 12.6 Å².